The Hall–Kier alpha value is -2.01. The van der Waals surface area contributed by atoms with E-state index in [1.165, 1.54) is 0 Å². The molecule has 0 radical (unpaired) electrons. The zero-order chi connectivity index (χ0) is 14.7. The highest BCUT2D eigenvalue weighted by molar-refractivity contribution is 6.32. The molecule has 2 rings (SSSR count). The van der Waals surface area contributed by atoms with E-state index in [-0.39, 0.29) is 5.91 Å². The summed E-state index contributed by atoms with van der Waals surface area (Å²) >= 11 is 5.99. The molecule has 0 aliphatic rings. The first-order chi connectivity index (χ1) is 9.49. The summed E-state index contributed by atoms with van der Waals surface area (Å²) in [5.41, 5.74) is 1.82. The fourth-order valence-electron chi connectivity index (χ4n) is 1.61. The molecule has 1 aromatic heterocycles. The van der Waals surface area contributed by atoms with Gasteiger partial charge in [-0.15, -0.1) is 0 Å². The number of carbonyl (C=O) groups is 1. The Bertz CT molecular complexity index is 625. The number of aromatic nitrogens is 2. The predicted octanol–water partition coefficient (Wildman–Crippen LogP) is 3.09. The first kappa shape index (κ1) is 14.4. The number of anilines is 1. The number of ether oxygens (including phenoxy) is 1. The fraction of sp³-hybridized carbons (Fsp3) is 0.286. The number of hydrogen-bond acceptors (Lipinski definition) is 3. The molecule has 106 valence electrons. The van der Waals surface area contributed by atoms with Gasteiger partial charge in [0.05, 0.1) is 5.02 Å². The zero-order valence-electron chi connectivity index (χ0n) is 11.5. The second-order valence-corrected chi connectivity index (χ2v) is 4.91. The first-order valence-electron chi connectivity index (χ1n) is 6.22. The van der Waals surface area contributed by atoms with E-state index in [2.05, 4.69) is 15.5 Å². The lowest BCUT2D eigenvalue weighted by Crippen LogP contribution is -2.30. The number of H-pyrrole nitrogens is 1. The van der Waals surface area contributed by atoms with Crippen molar-refractivity contribution in [2.45, 2.75) is 26.9 Å². The Morgan fingerprint density at radius 2 is 2.10 bits per heavy atom. The van der Waals surface area contributed by atoms with E-state index >= 15 is 0 Å². The minimum absolute atomic E-state index is 0.278. The summed E-state index contributed by atoms with van der Waals surface area (Å²) in [7, 11) is 0. The van der Waals surface area contributed by atoms with E-state index in [0.717, 1.165) is 11.3 Å². The Morgan fingerprint density at radius 3 is 2.70 bits per heavy atom. The fourth-order valence-corrected chi connectivity index (χ4v) is 1.79. The Morgan fingerprint density at radius 1 is 1.40 bits per heavy atom. The van der Waals surface area contributed by atoms with Gasteiger partial charge < -0.3 is 10.1 Å². The summed E-state index contributed by atoms with van der Waals surface area (Å²) < 4.78 is 5.54. The number of rotatable bonds is 4. The van der Waals surface area contributed by atoms with Gasteiger partial charge in [-0.25, -0.2) is 0 Å². The van der Waals surface area contributed by atoms with Crippen molar-refractivity contribution >= 4 is 23.3 Å². The number of amides is 1. The van der Waals surface area contributed by atoms with Gasteiger partial charge in [0.25, 0.3) is 5.91 Å². The third-order valence-electron chi connectivity index (χ3n) is 3.00. The van der Waals surface area contributed by atoms with E-state index in [1.807, 2.05) is 13.8 Å². The van der Waals surface area contributed by atoms with Crippen LogP contribution in [0.2, 0.25) is 5.02 Å². The van der Waals surface area contributed by atoms with E-state index in [0.29, 0.717) is 16.6 Å². The van der Waals surface area contributed by atoms with E-state index in [9.17, 15) is 4.79 Å². The highest BCUT2D eigenvalue weighted by Crippen LogP contribution is 2.24. The van der Waals surface area contributed by atoms with Gasteiger partial charge in [-0.3, -0.25) is 9.89 Å². The van der Waals surface area contributed by atoms with Crippen molar-refractivity contribution < 1.29 is 9.53 Å². The van der Waals surface area contributed by atoms with Crippen molar-refractivity contribution in [3.05, 3.63) is 40.5 Å². The van der Waals surface area contributed by atoms with Gasteiger partial charge >= 0.3 is 0 Å². The van der Waals surface area contributed by atoms with Gasteiger partial charge in [-0.05, 0) is 32.9 Å². The quantitative estimate of drug-likeness (QED) is 0.910. The second kappa shape index (κ2) is 5.96. The van der Waals surface area contributed by atoms with E-state index < -0.39 is 6.10 Å². The van der Waals surface area contributed by atoms with Crippen LogP contribution in [-0.2, 0) is 4.79 Å². The van der Waals surface area contributed by atoms with Crippen molar-refractivity contribution in [3.8, 4) is 5.75 Å². The molecule has 5 nitrogen and oxygen atoms in total. The smallest absolute Gasteiger partial charge is 0.266 e. The van der Waals surface area contributed by atoms with Crippen molar-refractivity contribution in [2.24, 2.45) is 0 Å². The summed E-state index contributed by atoms with van der Waals surface area (Å²) in [6, 6.07) is 7.03. The lowest BCUT2D eigenvalue weighted by atomic mass is 10.2. The third kappa shape index (κ3) is 3.11. The second-order valence-electron chi connectivity index (χ2n) is 4.50. The van der Waals surface area contributed by atoms with Gasteiger partial charge in [0.15, 0.2) is 11.9 Å². The molecular weight excluding hydrogens is 278 g/mol. The molecule has 2 aromatic rings. The topological polar surface area (TPSA) is 67.0 Å². The maximum atomic E-state index is 12.1. The number of nitrogens with zero attached hydrogens (tertiary/aromatic N) is 1. The monoisotopic (exact) mass is 293 g/mol. The van der Waals surface area contributed by atoms with Crippen LogP contribution >= 0.6 is 11.6 Å². The molecule has 0 bridgehead atoms. The normalized spacial score (nSPS) is 12.0. The van der Waals surface area contributed by atoms with Crippen LogP contribution in [-0.4, -0.2) is 22.2 Å². The maximum Gasteiger partial charge on any atom is 0.266 e. The Labute approximate surface area is 122 Å². The molecule has 20 heavy (non-hydrogen) atoms. The van der Waals surface area contributed by atoms with Crippen molar-refractivity contribution in [3.63, 3.8) is 0 Å². The number of aryl methyl sites for hydroxylation is 1. The first-order valence-corrected chi connectivity index (χ1v) is 6.60. The highest BCUT2D eigenvalue weighted by atomic mass is 35.5. The van der Waals surface area contributed by atoms with E-state index in [4.69, 9.17) is 16.3 Å². The maximum absolute atomic E-state index is 12.1. The molecule has 0 aliphatic heterocycles. The van der Waals surface area contributed by atoms with Gasteiger partial charge in [0.2, 0.25) is 0 Å². The molecular formula is C14H16ClN3O2. The number of para-hydroxylation sites is 1. The average molecular weight is 294 g/mol. The molecule has 0 saturated carbocycles. The molecule has 1 aromatic carbocycles. The molecule has 1 atom stereocenters. The summed E-state index contributed by atoms with van der Waals surface area (Å²) in [4.78, 5) is 12.1. The van der Waals surface area contributed by atoms with Crippen molar-refractivity contribution in [2.75, 3.05) is 5.32 Å². The summed E-state index contributed by atoms with van der Waals surface area (Å²) in [6.07, 6.45) is -0.675. The minimum atomic E-state index is -0.675. The summed E-state index contributed by atoms with van der Waals surface area (Å²) in [5, 5.41) is 10.0. The molecule has 1 amide bonds. The van der Waals surface area contributed by atoms with E-state index in [1.54, 1.807) is 31.2 Å². The molecule has 1 unspecified atom stereocenters. The van der Waals surface area contributed by atoms with Gasteiger partial charge in [-0.1, -0.05) is 23.7 Å². The number of nitrogens with one attached hydrogen (secondary N) is 2. The number of benzene rings is 1. The van der Waals surface area contributed by atoms with Gasteiger partial charge in [0, 0.05) is 11.3 Å². The molecule has 2 N–H and O–H groups in total. The van der Waals surface area contributed by atoms with Crippen molar-refractivity contribution in [1.82, 2.24) is 10.2 Å². The Kier molecular flexibility index (Phi) is 4.29. The van der Waals surface area contributed by atoms with Crippen molar-refractivity contribution in [1.29, 1.82) is 0 Å². The number of aromatic amines is 1. The molecule has 0 saturated heterocycles. The highest BCUT2D eigenvalue weighted by Gasteiger charge is 2.18. The standard InChI is InChI=1S/C14H16ClN3O2/c1-8-9(2)17-18-13(8)16-14(19)10(3)20-12-7-5-4-6-11(12)15/h4-7,10H,1-3H3,(H2,16,17,18,19). The number of hydrogen-bond donors (Lipinski definition) is 2. The van der Waals surface area contributed by atoms with Crippen LogP contribution in [0.3, 0.4) is 0 Å². The van der Waals surface area contributed by atoms with Crippen LogP contribution in [0, 0.1) is 13.8 Å². The van der Waals surface area contributed by atoms with Crippen LogP contribution in [0.5, 0.6) is 5.75 Å². The van der Waals surface area contributed by atoms with Gasteiger partial charge in [0.1, 0.15) is 5.75 Å². The molecule has 1 heterocycles. The third-order valence-corrected chi connectivity index (χ3v) is 3.32. The van der Waals surface area contributed by atoms with Crippen LogP contribution < -0.4 is 10.1 Å². The molecule has 0 fully saturated rings. The number of carbonyl (C=O) groups excluding carboxylic acids is 1. The number of halogens is 1. The van der Waals surface area contributed by atoms with Crippen LogP contribution in [0.15, 0.2) is 24.3 Å². The largest absolute Gasteiger partial charge is 0.479 e. The SMILES string of the molecule is Cc1[nH]nc(NC(=O)C(C)Oc2ccccc2Cl)c1C. The van der Waals surface area contributed by atoms with Crippen LogP contribution in [0.1, 0.15) is 18.2 Å². The molecule has 6 heteroatoms. The van der Waals surface area contributed by atoms with Crippen LogP contribution in [0.4, 0.5) is 5.82 Å². The zero-order valence-corrected chi connectivity index (χ0v) is 12.3. The predicted molar refractivity (Wildman–Crippen MR) is 78.2 cm³/mol. The molecule has 0 spiro atoms. The average Bonchev–Trinajstić information content (AvgIpc) is 2.73. The minimum Gasteiger partial charge on any atom is -0.479 e. The lowest BCUT2D eigenvalue weighted by molar-refractivity contribution is -0.122. The lowest BCUT2D eigenvalue weighted by Gasteiger charge is -2.15. The Balaban J connectivity index is 2.03. The summed E-state index contributed by atoms with van der Waals surface area (Å²) in [6.45, 7) is 5.43. The van der Waals surface area contributed by atoms with Gasteiger partial charge in [-0.2, -0.15) is 5.10 Å². The summed E-state index contributed by atoms with van der Waals surface area (Å²) in [5.74, 6) is 0.716. The molecule has 0 aliphatic carbocycles. The van der Waals surface area contributed by atoms with Crippen LogP contribution in [0.25, 0.3) is 0 Å².